The summed E-state index contributed by atoms with van der Waals surface area (Å²) < 4.78 is 13.1. The first-order chi connectivity index (χ1) is 14.0. The van der Waals surface area contributed by atoms with Crippen molar-refractivity contribution in [2.75, 3.05) is 36.0 Å². The average Bonchev–Trinajstić information content (AvgIpc) is 2.77. The molecule has 1 saturated heterocycles. The zero-order valence-corrected chi connectivity index (χ0v) is 17.1. The third kappa shape index (κ3) is 5.44. The minimum atomic E-state index is -0.485. The number of nitrogens with one attached hydrogen (secondary N) is 1. The number of hydrogen-bond acceptors (Lipinski definition) is 5. The summed E-state index contributed by atoms with van der Waals surface area (Å²) >= 11 is 0. The molecule has 2 aromatic rings. The minimum Gasteiger partial charge on any atom is -0.368 e. The van der Waals surface area contributed by atoms with E-state index < -0.39 is 6.04 Å². The number of nitrogens with two attached hydrogens (primary N) is 1. The van der Waals surface area contributed by atoms with Crippen molar-refractivity contribution in [3.05, 3.63) is 54.0 Å². The number of carbonyl (C=O) groups is 1. The zero-order chi connectivity index (χ0) is 20.8. The van der Waals surface area contributed by atoms with E-state index in [1.165, 1.54) is 12.1 Å². The highest BCUT2D eigenvalue weighted by Crippen LogP contribution is 2.20. The molecule has 0 bridgehead atoms. The number of nitrogens with zero attached hydrogens (tertiary/aromatic N) is 3. The van der Waals surface area contributed by atoms with Gasteiger partial charge in [0.05, 0.1) is 6.04 Å². The summed E-state index contributed by atoms with van der Waals surface area (Å²) in [6.45, 7) is 7.81. The Labute approximate surface area is 171 Å². The molecule has 2 unspecified atom stereocenters. The van der Waals surface area contributed by atoms with Crippen LogP contribution >= 0.6 is 0 Å². The van der Waals surface area contributed by atoms with Gasteiger partial charge in [-0.05, 0) is 47.9 Å². The molecular weight excluding hydrogens is 369 g/mol. The number of pyridine rings is 1. The quantitative estimate of drug-likeness (QED) is 0.748. The molecule has 0 saturated carbocycles. The van der Waals surface area contributed by atoms with Gasteiger partial charge in [-0.25, -0.2) is 9.37 Å². The molecule has 1 aromatic carbocycles. The van der Waals surface area contributed by atoms with Crippen LogP contribution in [0.1, 0.15) is 25.8 Å². The molecule has 3 rings (SSSR count). The van der Waals surface area contributed by atoms with Crippen LogP contribution in [0.2, 0.25) is 0 Å². The predicted octanol–water partition coefficient (Wildman–Crippen LogP) is 2.54. The zero-order valence-electron chi connectivity index (χ0n) is 17.1. The van der Waals surface area contributed by atoms with Gasteiger partial charge in [-0.3, -0.25) is 4.79 Å². The lowest BCUT2D eigenvalue weighted by Gasteiger charge is -2.36. The maximum atomic E-state index is 13.1. The fourth-order valence-electron chi connectivity index (χ4n) is 3.41. The van der Waals surface area contributed by atoms with Gasteiger partial charge in [0.25, 0.3) is 0 Å². The summed E-state index contributed by atoms with van der Waals surface area (Å²) in [6.07, 6.45) is 2.65. The first-order valence-corrected chi connectivity index (χ1v) is 10.2. The average molecular weight is 400 g/mol. The van der Waals surface area contributed by atoms with E-state index in [2.05, 4.69) is 20.1 Å². The molecule has 1 aliphatic rings. The van der Waals surface area contributed by atoms with E-state index >= 15 is 0 Å². The third-order valence-corrected chi connectivity index (χ3v) is 5.63. The highest BCUT2D eigenvalue weighted by molar-refractivity contribution is 5.81. The lowest BCUT2D eigenvalue weighted by Crippen LogP contribution is -2.47. The fourth-order valence-corrected chi connectivity index (χ4v) is 3.41. The van der Waals surface area contributed by atoms with Crippen molar-refractivity contribution < 1.29 is 9.18 Å². The third-order valence-electron chi connectivity index (χ3n) is 5.63. The topological polar surface area (TPSA) is 74.5 Å². The van der Waals surface area contributed by atoms with E-state index in [0.717, 1.165) is 49.7 Å². The Hall–Kier alpha value is -2.67. The molecule has 156 valence electrons. The Bertz CT molecular complexity index is 805. The molecule has 1 aliphatic heterocycles. The Kier molecular flexibility index (Phi) is 7.04. The summed E-state index contributed by atoms with van der Waals surface area (Å²) in [5.74, 6) is 0.721. The number of anilines is 2. The van der Waals surface area contributed by atoms with Crippen LogP contribution in [0.5, 0.6) is 0 Å². The van der Waals surface area contributed by atoms with E-state index in [9.17, 15) is 9.18 Å². The Balaban J connectivity index is 1.55. The summed E-state index contributed by atoms with van der Waals surface area (Å²) in [5.41, 5.74) is 8.03. The molecule has 0 radical (unpaired) electrons. The summed E-state index contributed by atoms with van der Waals surface area (Å²) in [5, 5.41) is 2.93. The normalized spacial score (nSPS) is 16.4. The molecule has 3 N–H and O–H groups in total. The predicted molar refractivity (Wildman–Crippen MR) is 114 cm³/mol. The van der Waals surface area contributed by atoms with Gasteiger partial charge in [-0.15, -0.1) is 0 Å². The molecular formula is C22H30FN5O. The van der Waals surface area contributed by atoms with Crippen molar-refractivity contribution in [2.24, 2.45) is 11.7 Å². The molecule has 1 fully saturated rings. The minimum absolute atomic E-state index is 0.120. The maximum absolute atomic E-state index is 13.1. The van der Waals surface area contributed by atoms with Gasteiger partial charge in [0, 0.05) is 44.6 Å². The first kappa shape index (κ1) is 21.0. The molecule has 2 heterocycles. The Morgan fingerprint density at radius 2 is 1.83 bits per heavy atom. The van der Waals surface area contributed by atoms with Gasteiger partial charge in [-0.1, -0.05) is 20.3 Å². The van der Waals surface area contributed by atoms with Gasteiger partial charge in [0.15, 0.2) is 0 Å². The molecule has 7 heteroatoms. The molecule has 6 nitrogen and oxygen atoms in total. The second-order valence-corrected chi connectivity index (χ2v) is 7.60. The molecule has 0 aliphatic carbocycles. The number of halogens is 1. The van der Waals surface area contributed by atoms with Gasteiger partial charge >= 0.3 is 0 Å². The summed E-state index contributed by atoms with van der Waals surface area (Å²) in [7, 11) is 0. The van der Waals surface area contributed by atoms with Crippen LogP contribution in [0.15, 0.2) is 42.6 Å². The highest BCUT2D eigenvalue weighted by Gasteiger charge is 2.20. The fraction of sp³-hybridized carbons (Fsp3) is 0.455. The van der Waals surface area contributed by atoms with Crippen molar-refractivity contribution in [1.82, 2.24) is 10.3 Å². The second kappa shape index (κ2) is 9.69. The van der Waals surface area contributed by atoms with E-state index in [1.54, 1.807) is 6.20 Å². The van der Waals surface area contributed by atoms with Crippen LogP contribution in [0.25, 0.3) is 0 Å². The smallest absolute Gasteiger partial charge is 0.237 e. The Morgan fingerprint density at radius 3 is 2.48 bits per heavy atom. The Morgan fingerprint density at radius 1 is 1.17 bits per heavy atom. The van der Waals surface area contributed by atoms with Gasteiger partial charge in [0.1, 0.15) is 11.6 Å². The van der Waals surface area contributed by atoms with Gasteiger partial charge in [0.2, 0.25) is 5.91 Å². The van der Waals surface area contributed by atoms with Crippen LogP contribution < -0.4 is 20.9 Å². The largest absolute Gasteiger partial charge is 0.368 e. The summed E-state index contributed by atoms with van der Waals surface area (Å²) in [6, 6.07) is 10.1. The number of amides is 1. The first-order valence-electron chi connectivity index (χ1n) is 10.2. The number of aromatic nitrogens is 1. The van der Waals surface area contributed by atoms with Crippen molar-refractivity contribution in [3.8, 4) is 0 Å². The van der Waals surface area contributed by atoms with E-state index in [1.807, 2.05) is 38.1 Å². The standard InChI is InChI=1S/C22H30FN5O/c1-3-16(2)21(24)22(29)26-15-17-8-9-25-20(14-17)28-12-10-27(11-13-28)19-6-4-18(23)5-7-19/h4-9,14,16,21H,3,10-13,15,24H2,1-2H3,(H,26,29). The number of piperazine rings is 1. The number of rotatable bonds is 7. The van der Waals surface area contributed by atoms with Crippen molar-refractivity contribution >= 4 is 17.4 Å². The molecule has 2 atom stereocenters. The van der Waals surface area contributed by atoms with Crippen LogP contribution in [0.3, 0.4) is 0 Å². The SMILES string of the molecule is CCC(C)C(N)C(=O)NCc1ccnc(N2CCN(c3ccc(F)cc3)CC2)c1. The van der Waals surface area contributed by atoms with Crippen LogP contribution in [-0.4, -0.2) is 43.1 Å². The lowest BCUT2D eigenvalue weighted by molar-refractivity contribution is -0.123. The van der Waals surface area contributed by atoms with E-state index in [4.69, 9.17) is 5.73 Å². The number of benzene rings is 1. The van der Waals surface area contributed by atoms with Crippen molar-refractivity contribution in [1.29, 1.82) is 0 Å². The van der Waals surface area contributed by atoms with E-state index in [0.29, 0.717) is 6.54 Å². The molecule has 29 heavy (non-hydrogen) atoms. The molecule has 1 aromatic heterocycles. The molecule has 1 amide bonds. The van der Waals surface area contributed by atoms with E-state index in [-0.39, 0.29) is 17.6 Å². The highest BCUT2D eigenvalue weighted by atomic mass is 19.1. The van der Waals surface area contributed by atoms with Crippen LogP contribution in [0, 0.1) is 11.7 Å². The van der Waals surface area contributed by atoms with Crippen molar-refractivity contribution in [3.63, 3.8) is 0 Å². The molecule has 0 spiro atoms. The number of hydrogen-bond donors (Lipinski definition) is 2. The van der Waals surface area contributed by atoms with Crippen LogP contribution in [-0.2, 0) is 11.3 Å². The summed E-state index contributed by atoms with van der Waals surface area (Å²) in [4.78, 5) is 21.2. The maximum Gasteiger partial charge on any atom is 0.237 e. The van der Waals surface area contributed by atoms with Crippen molar-refractivity contribution in [2.45, 2.75) is 32.9 Å². The second-order valence-electron chi connectivity index (χ2n) is 7.60. The van der Waals surface area contributed by atoms with Gasteiger partial charge in [-0.2, -0.15) is 0 Å². The number of carbonyl (C=O) groups excluding carboxylic acids is 1. The van der Waals surface area contributed by atoms with Gasteiger partial charge < -0.3 is 20.9 Å². The lowest BCUT2D eigenvalue weighted by atomic mass is 9.99. The van der Waals surface area contributed by atoms with Crippen LogP contribution in [0.4, 0.5) is 15.9 Å². The monoisotopic (exact) mass is 399 g/mol.